The van der Waals surface area contributed by atoms with Gasteiger partial charge in [-0.1, -0.05) is 11.6 Å². The summed E-state index contributed by atoms with van der Waals surface area (Å²) in [4.78, 5) is 0.285. The Hall–Kier alpha value is -2.05. The summed E-state index contributed by atoms with van der Waals surface area (Å²) in [5.41, 5.74) is 2.41. The Morgan fingerprint density at radius 3 is 2.57 bits per heavy atom. The summed E-state index contributed by atoms with van der Waals surface area (Å²) in [7, 11) is -3.19. The standard InChI is InChI=1S/C14H12ClN3O2S/c1-21(19,20)11-4-2-10(3-5-11)17-13-6-9(15)7-14-12(13)8-16-18-14/h2-8,17H,1H3,(H,16,18). The Balaban J connectivity index is 1.97. The zero-order chi connectivity index (χ0) is 15.0. The summed E-state index contributed by atoms with van der Waals surface area (Å²) in [5, 5.41) is 11.6. The van der Waals surface area contributed by atoms with E-state index in [4.69, 9.17) is 11.6 Å². The lowest BCUT2D eigenvalue weighted by Crippen LogP contribution is -1.97. The quantitative estimate of drug-likeness (QED) is 0.775. The van der Waals surface area contributed by atoms with Crippen LogP contribution in [0, 0.1) is 0 Å². The predicted octanol–water partition coefficient (Wildman–Crippen LogP) is 3.36. The van der Waals surface area contributed by atoms with Crippen molar-refractivity contribution in [2.75, 3.05) is 11.6 Å². The minimum atomic E-state index is -3.19. The van der Waals surface area contributed by atoms with E-state index in [9.17, 15) is 8.42 Å². The molecule has 2 aromatic carbocycles. The van der Waals surface area contributed by atoms with Crippen molar-refractivity contribution in [2.45, 2.75) is 4.90 Å². The molecule has 1 aromatic heterocycles. The van der Waals surface area contributed by atoms with E-state index in [2.05, 4.69) is 15.5 Å². The second-order valence-corrected chi connectivity index (χ2v) is 7.16. The molecule has 7 heteroatoms. The number of hydrogen-bond donors (Lipinski definition) is 2. The van der Waals surface area contributed by atoms with Gasteiger partial charge in [0.15, 0.2) is 9.84 Å². The lowest BCUT2D eigenvalue weighted by Gasteiger charge is -2.09. The monoisotopic (exact) mass is 321 g/mol. The zero-order valence-corrected chi connectivity index (χ0v) is 12.7. The second kappa shape index (κ2) is 5.05. The second-order valence-electron chi connectivity index (χ2n) is 4.71. The molecule has 5 nitrogen and oxygen atoms in total. The average molecular weight is 322 g/mol. The van der Waals surface area contributed by atoms with Crippen molar-refractivity contribution in [3.8, 4) is 0 Å². The van der Waals surface area contributed by atoms with Crippen molar-refractivity contribution in [1.82, 2.24) is 10.2 Å². The van der Waals surface area contributed by atoms with Crippen LogP contribution in [0.4, 0.5) is 11.4 Å². The van der Waals surface area contributed by atoms with Gasteiger partial charge in [0, 0.05) is 22.4 Å². The van der Waals surface area contributed by atoms with Gasteiger partial charge in [-0.15, -0.1) is 0 Å². The Bertz CT molecular complexity index is 902. The van der Waals surface area contributed by atoms with Crippen molar-refractivity contribution >= 4 is 43.7 Å². The largest absolute Gasteiger partial charge is 0.355 e. The van der Waals surface area contributed by atoms with Gasteiger partial charge in [-0.25, -0.2) is 8.42 Å². The van der Waals surface area contributed by atoms with Crippen LogP contribution in [0.15, 0.2) is 47.5 Å². The molecule has 0 bridgehead atoms. The summed E-state index contributed by atoms with van der Waals surface area (Å²) in [6.07, 6.45) is 2.89. The number of H-pyrrole nitrogens is 1. The fourth-order valence-corrected chi connectivity index (χ4v) is 2.91. The Morgan fingerprint density at radius 1 is 1.19 bits per heavy atom. The number of rotatable bonds is 3. The van der Waals surface area contributed by atoms with E-state index in [1.54, 1.807) is 42.6 Å². The molecule has 0 amide bonds. The normalized spacial score (nSPS) is 11.7. The van der Waals surface area contributed by atoms with E-state index in [-0.39, 0.29) is 4.90 Å². The van der Waals surface area contributed by atoms with Gasteiger partial charge in [-0.2, -0.15) is 5.10 Å². The third kappa shape index (κ3) is 2.86. The molecule has 0 fully saturated rings. The number of aromatic nitrogens is 2. The van der Waals surface area contributed by atoms with Crippen LogP contribution in [0.1, 0.15) is 0 Å². The first-order valence-electron chi connectivity index (χ1n) is 6.13. The molecule has 108 valence electrons. The number of hydrogen-bond acceptors (Lipinski definition) is 4. The first-order valence-corrected chi connectivity index (χ1v) is 8.40. The van der Waals surface area contributed by atoms with Crippen LogP contribution in [-0.2, 0) is 9.84 Å². The van der Waals surface area contributed by atoms with Crippen LogP contribution in [-0.4, -0.2) is 24.9 Å². The molecular weight excluding hydrogens is 310 g/mol. The van der Waals surface area contributed by atoms with Crippen molar-refractivity contribution in [1.29, 1.82) is 0 Å². The highest BCUT2D eigenvalue weighted by molar-refractivity contribution is 7.90. The Morgan fingerprint density at radius 2 is 1.90 bits per heavy atom. The van der Waals surface area contributed by atoms with Crippen molar-refractivity contribution in [2.24, 2.45) is 0 Å². The summed E-state index contributed by atoms with van der Waals surface area (Å²) < 4.78 is 22.9. The number of benzene rings is 2. The van der Waals surface area contributed by atoms with E-state index in [0.717, 1.165) is 22.3 Å². The van der Waals surface area contributed by atoms with E-state index < -0.39 is 9.84 Å². The SMILES string of the molecule is CS(=O)(=O)c1ccc(Nc2cc(Cl)cc3[nH]ncc23)cc1. The average Bonchev–Trinajstić information content (AvgIpc) is 2.86. The third-order valence-electron chi connectivity index (χ3n) is 3.08. The number of anilines is 2. The first-order chi connectivity index (χ1) is 9.93. The van der Waals surface area contributed by atoms with E-state index in [1.165, 1.54) is 6.26 Å². The van der Waals surface area contributed by atoms with Gasteiger partial charge < -0.3 is 5.32 Å². The fraction of sp³-hybridized carbons (Fsp3) is 0.0714. The van der Waals surface area contributed by atoms with Gasteiger partial charge >= 0.3 is 0 Å². The number of halogens is 1. The number of nitrogens with one attached hydrogen (secondary N) is 2. The fourth-order valence-electron chi connectivity index (χ4n) is 2.06. The third-order valence-corrected chi connectivity index (χ3v) is 4.43. The minimum absolute atomic E-state index is 0.285. The molecule has 0 saturated carbocycles. The number of nitrogens with zero attached hydrogens (tertiary/aromatic N) is 1. The van der Waals surface area contributed by atoms with Crippen molar-refractivity contribution < 1.29 is 8.42 Å². The molecule has 1 heterocycles. The molecule has 0 aliphatic rings. The molecule has 0 aliphatic heterocycles. The van der Waals surface area contributed by atoms with Crippen LogP contribution in [0.5, 0.6) is 0 Å². The summed E-state index contributed by atoms with van der Waals surface area (Å²) in [6, 6.07) is 10.1. The maximum atomic E-state index is 11.4. The highest BCUT2D eigenvalue weighted by Gasteiger charge is 2.08. The predicted molar refractivity (Wildman–Crippen MR) is 83.9 cm³/mol. The van der Waals surface area contributed by atoms with Crippen LogP contribution in [0.25, 0.3) is 10.9 Å². The molecule has 0 radical (unpaired) electrons. The molecular formula is C14H12ClN3O2S. The number of sulfone groups is 1. The zero-order valence-electron chi connectivity index (χ0n) is 11.1. The van der Waals surface area contributed by atoms with Crippen LogP contribution in [0.2, 0.25) is 5.02 Å². The topological polar surface area (TPSA) is 74.8 Å². The highest BCUT2D eigenvalue weighted by Crippen LogP contribution is 2.29. The van der Waals surface area contributed by atoms with E-state index in [0.29, 0.717) is 5.02 Å². The summed E-state index contributed by atoms with van der Waals surface area (Å²) in [6.45, 7) is 0. The maximum absolute atomic E-state index is 11.4. The maximum Gasteiger partial charge on any atom is 0.175 e. The van der Waals surface area contributed by atoms with Crippen molar-refractivity contribution in [3.05, 3.63) is 47.6 Å². The van der Waals surface area contributed by atoms with E-state index >= 15 is 0 Å². The molecule has 0 spiro atoms. The van der Waals surface area contributed by atoms with Crippen LogP contribution in [0.3, 0.4) is 0 Å². The Kier molecular flexibility index (Phi) is 3.35. The summed E-state index contributed by atoms with van der Waals surface area (Å²) in [5.74, 6) is 0. The highest BCUT2D eigenvalue weighted by atomic mass is 35.5. The van der Waals surface area contributed by atoms with Crippen LogP contribution >= 0.6 is 11.6 Å². The van der Waals surface area contributed by atoms with Gasteiger partial charge in [-0.3, -0.25) is 5.10 Å². The molecule has 2 N–H and O–H groups in total. The first kappa shape index (κ1) is 13.9. The van der Waals surface area contributed by atoms with Gasteiger partial charge in [0.25, 0.3) is 0 Å². The lowest BCUT2D eigenvalue weighted by atomic mass is 10.2. The number of fused-ring (bicyclic) bond motifs is 1. The van der Waals surface area contributed by atoms with Gasteiger partial charge in [0.05, 0.1) is 22.3 Å². The van der Waals surface area contributed by atoms with Crippen molar-refractivity contribution in [3.63, 3.8) is 0 Å². The summed E-state index contributed by atoms with van der Waals surface area (Å²) >= 11 is 6.06. The molecule has 0 unspecified atom stereocenters. The van der Waals surface area contributed by atoms with Crippen LogP contribution < -0.4 is 5.32 Å². The molecule has 0 aliphatic carbocycles. The Labute approximate surface area is 126 Å². The molecule has 0 saturated heterocycles. The molecule has 0 atom stereocenters. The molecule has 21 heavy (non-hydrogen) atoms. The minimum Gasteiger partial charge on any atom is -0.355 e. The lowest BCUT2D eigenvalue weighted by molar-refractivity contribution is 0.602. The number of aromatic amines is 1. The smallest absolute Gasteiger partial charge is 0.175 e. The van der Waals surface area contributed by atoms with Gasteiger partial charge in [0.1, 0.15) is 0 Å². The van der Waals surface area contributed by atoms with Gasteiger partial charge in [-0.05, 0) is 36.4 Å². The van der Waals surface area contributed by atoms with E-state index in [1.807, 2.05) is 0 Å². The van der Waals surface area contributed by atoms with Gasteiger partial charge in [0.2, 0.25) is 0 Å². The molecule has 3 aromatic rings. The molecule has 3 rings (SSSR count).